The van der Waals surface area contributed by atoms with Crippen molar-refractivity contribution >= 4 is 0 Å². The Bertz CT molecular complexity index is 662. The summed E-state index contributed by atoms with van der Waals surface area (Å²) >= 11 is 0. The first-order valence-electron chi connectivity index (χ1n) is 7.31. The van der Waals surface area contributed by atoms with E-state index in [9.17, 15) is 13.9 Å². The first kappa shape index (κ1) is 14.2. The molecule has 3 rings (SSSR count). The number of aryl methyl sites for hydroxylation is 1. The predicted octanol–water partition coefficient (Wildman–Crippen LogP) is 4.62. The maximum Gasteiger partial charge on any atom is 0.135 e. The third kappa shape index (κ3) is 2.46. The first-order valence-corrected chi connectivity index (χ1v) is 7.31. The Morgan fingerprint density at radius 2 is 1.81 bits per heavy atom. The molecule has 0 heterocycles. The number of benzene rings is 2. The van der Waals surface area contributed by atoms with Gasteiger partial charge in [0.25, 0.3) is 0 Å². The van der Waals surface area contributed by atoms with Crippen LogP contribution in [-0.4, -0.2) is 5.11 Å². The van der Waals surface area contributed by atoms with Gasteiger partial charge in [-0.1, -0.05) is 36.8 Å². The molecule has 1 unspecified atom stereocenters. The summed E-state index contributed by atoms with van der Waals surface area (Å²) in [6.45, 7) is 1.57. The fourth-order valence-corrected chi connectivity index (χ4v) is 2.94. The van der Waals surface area contributed by atoms with Gasteiger partial charge in [-0.15, -0.1) is 0 Å². The highest BCUT2D eigenvalue weighted by atomic mass is 19.1. The summed E-state index contributed by atoms with van der Waals surface area (Å²) in [6, 6.07) is 10.0. The Morgan fingerprint density at radius 1 is 1.10 bits per heavy atom. The number of hydrogen-bond donors (Lipinski definition) is 1. The Balaban J connectivity index is 2.07. The molecule has 1 saturated carbocycles. The average molecular weight is 288 g/mol. The third-order valence-corrected chi connectivity index (χ3v) is 4.43. The second-order valence-electron chi connectivity index (χ2n) is 5.75. The van der Waals surface area contributed by atoms with Crippen molar-refractivity contribution in [2.24, 2.45) is 0 Å². The lowest BCUT2D eigenvalue weighted by Crippen LogP contribution is -2.15. The molecule has 0 spiro atoms. The van der Waals surface area contributed by atoms with E-state index in [-0.39, 0.29) is 5.56 Å². The van der Waals surface area contributed by atoms with Crippen molar-refractivity contribution in [3.05, 3.63) is 70.3 Å². The van der Waals surface area contributed by atoms with E-state index in [1.54, 1.807) is 19.1 Å². The van der Waals surface area contributed by atoms with E-state index in [1.165, 1.54) is 18.6 Å². The molecule has 1 fully saturated rings. The van der Waals surface area contributed by atoms with Gasteiger partial charge in [0, 0.05) is 0 Å². The van der Waals surface area contributed by atoms with Crippen LogP contribution < -0.4 is 0 Å². The van der Waals surface area contributed by atoms with Gasteiger partial charge in [0.15, 0.2) is 0 Å². The van der Waals surface area contributed by atoms with Crippen LogP contribution in [0.3, 0.4) is 0 Å². The lowest BCUT2D eigenvalue weighted by molar-refractivity contribution is 0.206. The molecule has 21 heavy (non-hydrogen) atoms. The van der Waals surface area contributed by atoms with Crippen LogP contribution >= 0.6 is 0 Å². The third-order valence-electron chi connectivity index (χ3n) is 4.43. The van der Waals surface area contributed by atoms with Crippen molar-refractivity contribution in [1.29, 1.82) is 0 Å². The molecule has 0 saturated heterocycles. The minimum atomic E-state index is -1.26. The van der Waals surface area contributed by atoms with E-state index in [4.69, 9.17) is 0 Å². The van der Waals surface area contributed by atoms with Gasteiger partial charge in [-0.3, -0.25) is 0 Å². The molecule has 1 aliphatic carbocycles. The van der Waals surface area contributed by atoms with Crippen LogP contribution in [0.25, 0.3) is 0 Å². The van der Waals surface area contributed by atoms with Gasteiger partial charge in [-0.25, -0.2) is 8.78 Å². The van der Waals surface area contributed by atoms with Crippen LogP contribution in [0.4, 0.5) is 8.78 Å². The molecule has 3 heteroatoms. The normalized spacial score (nSPS) is 16.6. The zero-order chi connectivity index (χ0) is 15.0. The van der Waals surface area contributed by atoms with Gasteiger partial charge in [-0.05, 0) is 48.4 Å². The summed E-state index contributed by atoms with van der Waals surface area (Å²) in [7, 11) is 0. The van der Waals surface area contributed by atoms with Crippen LogP contribution in [0.2, 0.25) is 0 Å². The summed E-state index contributed by atoms with van der Waals surface area (Å²) in [5.74, 6) is -0.966. The summed E-state index contributed by atoms with van der Waals surface area (Å²) < 4.78 is 28.2. The highest BCUT2D eigenvalue weighted by Gasteiger charge is 2.27. The van der Waals surface area contributed by atoms with Crippen molar-refractivity contribution in [2.75, 3.05) is 0 Å². The molecule has 0 amide bonds. The van der Waals surface area contributed by atoms with E-state index in [1.807, 2.05) is 12.1 Å². The number of rotatable bonds is 3. The minimum absolute atomic E-state index is 0.248. The monoisotopic (exact) mass is 288 g/mol. The van der Waals surface area contributed by atoms with Gasteiger partial charge >= 0.3 is 0 Å². The summed E-state index contributed by atoms with van der Waals surface area (Å²) in [5.41, 5.74) is 1.72. The Morgan fingerprint density at radius 3 is 2.48 bits per heavy atom. The molecule has 0 aromatic heterocycles. The van der Waals surface area contributed by atoms with Crippen molar-refractivity contribution in [3.8, 4) is 0 Å². The number of hydrogen-bond acceptors (Lipinski definition) is 1. The van der Waals surface area contributed by atoms with E-state index < -0.39 is 17.7 Å². The highest BCUT2D eigenvalue weighted by molar-refractivity contribution is 5.40. The second kappa shape index (κ2) is 5.57. The van der Waals surface area contributed by atoms with E-state index in [0.717, 1.165) is 18.4 Å². The average Bonchev–Trinajstić information content (AvgIpc) is 2.42. The van der Waals surface area contributed by atoms with E-state index in [0.29, 0.717) is 17.0 Å². The molecule has 1 aliphatic rings. The molecule has 1 nitrogen and oxygen atoms in total. The van der Waals surface area contributed by atoms with Crippen molar-refractivity contribution in [1.82, 2.24) is 0 Å². The smallest absolute Gasteiger partial charge is 0.135 e. The van der Waals surface area contributed by atoms with Crippen molar-refractivity contribution < 1.29 is 13.9 Å². The predicted molar refractivity (Wildman–Crippen MR) is 78.2 cm³/mol. The number of aliphatic hydroxyl groups excluding tert-OH is 1. The van der Waals surface area contributed by atoms with Gasteiger partial charge in [0.2, 0.25) is 0 Å². The second-order valence-corrected chi connectivity index (χ2v) is 5.75. The summed E-state index contributed by atoms with van der Waals surface area (Å²) in [4.78, 5) is 0. The van der Waals surface area contributed by atoms with Crippen LogP contribution in [0, 0.1) is 18.6 Å². The molecule has 2 aromatic rings. The Kier molecular flexibility index (Phi) is 3.77. The molecule has 0 radical (unpaired) electrons. The SMILES string of the molecule is Cc1ccc(F)c(C(O)c2ccccc2C2CCC2)c1F. The zero-order valence-electron chi connectivity index (χ0n) is 11.9. The maximum absolute atomic E-state index is 14.2. The number of halogens is 2. The van der Waals surface area contributed by atoms with Crippen LogP contribution in [-0.2, 0) is 0 Å². The fourth-order valence-electron chi connectivity index (χ4n) is 2.94. The van der Waals surface area contributed by atoms with Crippen LogP contribution in [0.1, 0.15) is 53.5 Å². The quantitative estimate of drug-likeness (QED) is 0.873. The molecular weight excluding hydrogens is 270 g/mol. The number of aliphatic hydroxyl groups is 1. The molecule has 110 valence electrons. The van der Waals surface area contributed by atoms with Crippen LogP contribution in [0.5, 0.6) is 0 Å². The van der Waals surface area contributed by atoms with Gasteiger partial charge in [0.05, 0.1) is 5.56 Å². The fraction of sp³-hybridized carbons (Fsp3) is 0.333. The molecular formula is C18H18F2O. The van der Waals surface area contributed by atoms with Crippen molar-refractivity contribution in [2.45, 2.75) is 38.2 Å². The van der Waals surface area contributed by atoms with Gasteiger partial charge in [-0.2, -0.15) is 0 Å². The Hall–Kier alpha value is -1.74. The van der Waals surface area contributed by atoms with E-state index in [2.05, 4.69) is 0 Å². The maximum atomic E-state index is 14.2. The minimum Gasteiger partial charge on any atom is -0.383 e. The largest absolute Gasteiger partial charge is 0.383 e. The molecule has 0 bridgehead atoms. The lowest BCUT2D eigenvalue weighted by atomic mass is 9.77. The molecule has 1 N–H and O–H groups in total. The van der Waals surface area contributed by atoms with Gasteiger partial charge in [0.1, 0.15) is 17.7 Å². The topological polar surface area (TPSA) is 20.2 Å². The first-order chi connectivity index (χ1) is 10.1. The lowest BCUT2D eigenvalue weighted by Gasteiger charge is -2.29. The summed E-state index contributed by atoms with van der Waals surface area (Å²) in [5, 5.41) is 10.5. The van der Waals surface area contributed by atoms with Crippen LogP contribution in [0.15, 0.2) is 36.4 Å². The highest BCUT2D eigenvalue weighted by Crippen LogP contribution is 2.41. The summed E-state index contributed by atoms with van der Waals surface area (Å²) in [6.07, 6.45) is 2.05. The van der Waals surface area contributed by atoms with Gasteiger partial charge < -0.3 is 5.11 Å². The zero-order valence-corrected chi connectivity index (χ0v) is 11.9. The Labute approximate surface area is 123 Å². The molecule has 1 atom stereocenters. The van der Waals surface area contributed by atoms with Crippen molar-refractivity contribution in [3.63, 3.8) is 0 Å². The van der Waals surface area contributed by atoms with E-state index >= 15 is 0 Å². The standard InChI is InChI=1S/C18H18F2O/c1-11-9-10-15(19)16(17(11)20)18(21)14-8-3-2-7-13(14)12-5-4-6-12/h2-3,7-10,12,18,21H,4-6H2,1H3. The molecule has 0 aliphatic heterocycles. The molecule has 2 aromatic carbocycles.